The van der Waals surface area contributed by atoms with Crippen LogP contribution in [-0.4, -0.2) is 72.0 Å². The molecule has 8 heteroatoms. The van der Waals surface area contributed by atoms with Crippen LogP contribution in [0, 0.1) is 17.8 Å². The van der Waals surface area contributed by atoms with Gasteiger partial charge in [0.25, 0.3) is 0 Å². The van der Waals surface area contributed by atoms with Gasteiger partial charge in [-0.15, -0.1) is 12.4 Å². The van der Waals surface area contributed by atoms with Crippen LogP contribution < -0.4 is 5.32 Å². The maximum absolute atomic E-state index is 12.9. The first kappa shape index (κ1) is 20.6. The first-order valence-electron chi connectivity index (χ1n) is 10.0. The van der Waals surface area contributed by atoms with Crippen molar-refractivity contribution in [3.63, 3.8) is 0 Å². The van der Waals surface area contributed by atoms with Crippen LogP contribution in [0.25, 0.3) is 0 Å². The van der Waals surface area contributed by atoms with E-state index in [1.165, 1.54) is 4.90 Å². The summed E-state index contributed by atoms with van der Waals surface area (Å²) in [6.07, 6.45) is 3.37. The number of ether oxygens (including phenoxy) is 1. The number of piperidine rings is 1. The van der Waals surface area contributed by atoms with Crippen molar-refractivity contribution in [1.82, 2.24) is 15.1 Å². The number of hydrogen-bond donors (Lipinski definition) is 1. The maximum atomic E-state index is 12.9. The molecule has 4 fully saturated rings. The largest absolute Gasteiger partial charge is 0.373 e. The van der Waals surface area contributed by atoms with Gasteiger partial charge in [0, 0.05) is 13.1 Å². The third kappa shape index (κ3) is 3.38. The Kier molecular flexibility index (Phi) is 6.13. The molecule has 27 heavy (non-hydrogen) atoms. The standard InChI is InChI=1S/C19H29N3O4.ClH/c1-3-20-10-12-6-8-21(9-7-12)17(23)11(2)22-18(24)15-13-4-5-14(26-13)16(15)19(22)25;/h11-16,20H,3-10H2,1-2H3;1H. The van der Waals surface area contributed by atoms with Crippen molar-refractivity contribution >= 4 is 30.1 Å². The molecule has 7 nitrogen and oxygen atoms in total. The van der Waals surface area contributed by atoms with Gasteiger partial charge in [0.2, 0.25) is 17.7 Å². The smallest absolute Gasteiger partial charge is 0.245 e. The number of carbonyl (C=O) groups excluding carboxylic acids is 3. The molecule has 1 N–H and O–H groups in total. The number of nitrogens with one attached hydrogen (secondary N) is 1. The highest BCUT2D eigenvalue weighted by molar-refractivity contribution is 6.09. The van der Waals surface area contributed by atoms with E-state index in [1.807, 2.05) is 4.90 Å². The van der Waals surface area contributed by atoms with E-state index in [0.717, 1.165) is 38.8 Å². The second-order valence-corrected chi connectivity index (χ2v) is 8.14. The molecule has 0 saturated carbocycles. The minimum atomic E-state index is -0.703. The molecule has 0 aromatic heterocycles. The van der Waals surface area contributed by atoms with Gasteiger partial charge < -0.3 is 15.0 Å². The molecule has 4 heterocycles. The Morgan fingerprint density at radius 2 is 1.67 bits per heavy atom. The summed E-state index contributed by atoms with van der Waals surface area (Å²) >= 11 is 0. The van der Waals surface area contributed by atoms with Gasteiger partial charge in [-0.2, -0.15) is 0 Å². The van der Waals surface area contributed by atoms with Crippen molar-refractivity contribution in [3.05, 3.63) is 0 Å². The van der Waals surface area contributed by atoms with Gasteiger partial charge in [-0.3, -0.25) is 19.3 Å². The summed E-state index contributed by atoms with van der Waals surface area (Å²) in [5.74, 6) is -0.617. The zero-order chi connectivity index (χ0) is 18.4. The zero-order valence-electron chi connectivity index (χ0n) is 16.1. The number of carbonyl (C=O) groups is 3. The van der Waals surface area contributed by atoms with Crippen LogP contribution in [-0.2, 0) is 19.1 Å². The molecule has 4 aliphatic heterocycles. The van der Waals surface area contributed by atoms with Crippen LogP contribution in [0.1, 0.15) is 39.5 Å². The lowest BCUT2D eigenvalue weighted by molar-refractivity contribution is -0.153. The van der Waals surface area contributed by atoms with E-state index in [9.17, 15) is 14.4 Å². The maximum Gasteiger partial charge on any atom is 0.245 e. The number of halogens is 1. The van der Waals surface area contributed by atoms with Crippen LogP contribution in [0.3, 0.4) is 0 Å². The highest BCUT2D eigenvalue weighted by Crippen LogP contribution is 2.48. The van der Waals surface area contributed by atoms with Gasteiger partial charge in [0.15, 0.2) is 0 Å². The quantitative estimate of drug-likeness (QED) is 0.692. The molecule has 0 radical (unpaired) electrons. The fraction of sp³-hybridized carbons (Fsp3) is 0.842. The number of amides is 3. The number of hydrogen-bond acceptors (Lipinski definition) is 5. The third-order valence-corrected chi connectivity index (χ3v) is 6.67. The van der Waals surface area contributed by atoms with Crippen LogP contribution >= 0.6 is 12.4 Å². The average molecular weight is 400 g/mol. The lowest BCUT2D eigenvalue weighted by Crippen LogP contribution is -2.52. The highest BCUT2D eigenvalue weighted by Gasteiger charge is 2.63. The topological polar surface area (TPSA) is 79.0 Å². The molecular formula is C19H30ClN3O4. The van der Waals surface area contributed by atoms with Crippen LogP contribution in [0.5, 0.6) is 0 Å². The van der Waals surface area contributed by atoms with Gasteiger partial charge in [-0.25, -0.2) is 0 Å². The van der Waals surface area contributed by atoms with Crippen molar-refractivity contribution in [2.75, 3.05) is 26.2 Å². The molecular weight excluding hydrogens is 370 g/mol. The molecule has 4 rings (SSSR count). The molecule has 5 atom stereocenters. The SMILES string of the molecule is CCNCC1CCN(C(=O)C(C)N2C(=O)C3C4CCC(O4)C3C2=O)CC1.Cl. The summed E-state index contributed by atoms with van der Waals surface area (Å²) in [5.41, 5.74) is 0. The summed E-state index contributed by atoms with van der Waals surface area (Å²) in [6, 6.07) is -0.703. The molecule has 152 valence electrons. The lowest BCUT2D eigenvalue weighted by atomic mass is 9.81. The van der Waals surface area contributed by atoms with E-state index in [1.54, 1.807) is 6.92 Å². The van der Waals surface area contributed by atoms with E-state index in [2.05, 4.69) is 12.2 Å². The normalized spacial score (nSPS) is 34.0. The van der Waals surface area contributed by atoms with E-state index in [4.69, 9.17) is 4.74 Å². The first-order chi connectivity index (χ1) is 12.5. The number of likely N-dealkylation sites (tertiary alicyclic amines) is 2. The Hall–Kier alpha value is -1.18. The molecule has 0 aromatic carbocycles. The van der Waals surface area contributed by atoms with Crippen molar-refractivity contribution in [2.24, 2.45) is 17.8 Å². The minimum Gasteiger partial charge on any atom is -0.373 e. The van der Waals surface area contributed by atoms with E-state index >= 15 is 0 Å². The predicted molar refractivity (Wildman–Crippen MR) is 101 cm³/mol. The summed E-state index contributed by atoms with van der Waals surface area (Å²) < 4.78 is 5.76. The van der Waals surface area contributed by atoms with E-state index < -0.39 is 6.04 Å². The minimum absolute atomic E-state index is 0. The van der Waals surface area contributed by atoms with Gasteiger partial charge >= 0.3 is 0 Å². The third-order valence-electron chi connectivity index (χ3n) is 6.67. The molecule has 4 aliphatic rings. The van der Waals surface area contributed by atoms with Gasteiger partial charge in [0.05, 0.1) is 24.0 Å². The molecule has 5 unspecified atom stereocenters. The summed E-state index contributed by atoms with van der Waals surface area (Å²) in [4.78, 5) is 41.7. The summed E-state index contributed by atoms with van der Waals surface area (Å²) in [6.45, 7) is 7.16. The fourth-order valence-corrected chi connectivity index (χ4v) is 5.20. The van der Waals surface area contributed by atoms with Gasteiger partial charge in [-0.1, -0.05) is 6.92 Å². The van der Waals surface area contributed by atoms with Crippen LogP contribution in [0.4, 0.5) is 0 Å². The number of imide groups is 1. The predicted octanol–water partition coefficient (Wildman–Crippen LogP) is 0.807. The molecule has 2 bridgehead atoms. The van der Waals surface area contributed by atoms with Crippen molar-refractivity contribution in [2.45, 2.75) is 57.8 Å². The van der Waals surface area contributed by atoms with E-state index in [0.29, 0.717) is 19.0 Å². The monoisotopic (exact) mass is 399 g/mol. The number of rotatable bonds is 5. The Balaban J connectivity index is 0.00000210. The highest BCUT2D eigenvalue weighted by atomic mass is 35.5. The number of nitrogens with zero attached hydrogens (tertiary/aromatic N) is 2. The zero-order valence-corrected chi connectivity index (χ0v) is 16.9. The Morgan fingerprint density at radius 3 is 2.19 bits per heavy atom. The summed E-state index contributed by atoms with van der Waals surface area (Å²) in [7, 11) is 0. The van der Waals surface area contributed by atoms with Crippen molar-refractivity contribution in [1.29, 1.82) is 0 Å². The van der Waals surface area contributed by atoms with E-state index in [-0.39, 0.29) is 54.2 Å². The van der Waals surface area contributed by atoms with Gasteiger partial charge in [0.1, 0.15) is 6.04 Å². The Labute approximate surface area is 166 Å². The van der Waals surface area contributed by atoms with Crippen molar-refractivity contribution in [3.8, 4) is 0 Å². The van der Waals surface area contributed by atoms with Crippen LogP contribution in [0.15, 0.2) is 0 Å². The molecule has 0 aliphatic carbocycles. The fourth-order valence-electron chi connectivity index (χ4n) is 5.20. The Morgan fingerprint density at radius 1 is 1.11 bits per heavy atom. The molecule has 0 aromatic rings. The molecule has 0 spiro atoms. The first-order valence-corrected chi connectivity index (χ1v) is 10.0. The number of fused-ring (bicyclic) bond motifs is 5. The molecule has 4 saturated heterocycles. The lowest BCUT2D eigenvalue weighted by Gasteiger charge is -2.35. The second-order valence-electron chi connectivity index (χ2n) is 8.14. The Bertz CT molecular complexity index is 580. The van der Waals surface area contributed by atoms with Crippen molar-refractivity contribution < 1.29 is 19.1 Å². The van der Waals surface area contributed by atoms with Gasteiger partial charge in [-0.05, 0) is 51.6 Å². The van der Waals surface area contributed by atoms with Crippen LogP contribution in [0.2, 0.25) is 0 Å². The second kappa shape index (κ2) is 8.05. The average Bonchev–Trinajstić information content (AvgIpc) is 3.33. The molecule has 3 amide bonds. The summed E-state index contributed by atoms with van der Waals surface area (Å²) in [5, 5.41) is 3.37.